The van der Waals surface area contributed by atoms with Gasteiger partial charge in [0.1, 0.15) is 0 Å². The molecule has 1 N–H and O–H groups in total. The highest BCUT2D eigenvalue weighted by Crippen LogP contribution is 1.99. The lowest BCUT2D eigenvalue weighted by Gasteiger charge is -2.04. The average Bonchev–Trinajstić information content (AvgIpc) is 2.45. The van der Waals surface area contributed by atoms with Gasteiger partial charge in [0.15, 0.2) is 0 Å². The van der Waals surface area contributed by atoms with Crippen molar-refractivity contribution in [2.75, 3.05) is 0 Å². The summed E-state index contributed by atoms with van der Waals surface area (Å²) in [6.07, 6.45) is 6.32. The van der Waals surface area contributed by atoms with Gasteiger partial charge < -0.3 is 5.32 Å². The van der Waals surface area contributed by atoms with E-state index < -0.39 is 0 Å². The van der Waals surface area contributed by atoms with E-state index in [0.29, 0.717) is 19.4 Å². The van der Waals surface area contributed by atoms with Gasteiger partial charge in [0, 0.05) is 37.3 Å². The van der Waals surface area contributed by atoms with Crippen molar-refractivity contribution in [1.82, 2.24) is 15.3 Å². The Bertz CT molecular complexity index is 439. The summed E-state index contributed by atoms with van der Waals surface area (Å²) in [5.74, 6) is 0.0320. The van der Waals surface area contributed by atoms with Crippen LogP contribution in [0.2, 0.25) is 0 Å². The van der Waals surface area contributed by atoms with Crippen molar-refractivity contribution in [3.63, 3.8) is 0 Å². The minimum absolute atomic E-state index is 0.0320. The second kappa shape index (κ2) is 6.49. The standard InChI is InChI=1S/C14H15N3O/c18-14(7-6-13-5-1-2-9-16-13)17-11-12-4-3-8-15-10-12/h1-5,8-10H,6-7,11H2,(H,17,18). The summed E-state index contributed by atoms with van der Waals surface area (Å²) < 4.78 is 0. The second-order valence-electron chi connectivity index (χ2n) is 3.96. The zero-order valence-corrected chi connectivity index (χ0v) is 10.0. The molecule has 0 saturated carbocycles. The van der Waals surface area contributed by atoms with Gasteiger partial charge in [0.05, 0.1) is 0 Å². The first kappa shape index (κ1) is 12.2. The Hall–Kier alpha value is -2.23. The van der Waals surface area contributed by atoms with E-state index in [9.17, 15) is 4.79 Å². The van der Waals surface area contributed by atoms with E-state index >= 15 is 0 Å². The number of hydrogen-bond donors (Lipinski definition) is 1. The predicted octanol–water partition coefficient (Wildman–Crippen LogP) is 1.73. The Morgan fingerprint density at radius 1 is 1.17 bits per heavy atom. The van der Waals surface area contributed by atoms with Gasteiger partial charge in [0.2, 0.25) is 5.91 Å². The molecule has 0 aromatic carbocycles. The molecule has 0 atom stereocenters. The number of carbonyl (C=O) groups is 1. The maximum absolute atomic E-state index is 11.6. The fraction of sp³-hybridized carbons (Fsp3) is 0.214. The summed E-state index contributed by atoms with van der Waals surface area (Å²) in [5.41, 5.74) is 1.94. The largest absolute Gasteiger partial charge is 0.352 e. The van der Waals surface area contributed by atoms with Crippen LogP contribution in [0.5, 0.6) is 0 Å². The van der Waals surface area contributed by atoms with Gasteiger partial charge in [-0.15, -0.1) is 0 Å². The fourth-order valence-electron chi connectivity index (χ4n) is 1.58. The number of carbonyl (C=O) groups excluding carboxylic acids is 1. The second-order valence-corrected chi connectivity index (χ2v) is 3.96. The van der Waals surface area contributed by atoms with Gasteiger partial charge in [-0.3, -0.25) is 14.8 Å². The third kappa shape index (κ3) is 3.97. The average molecular weight is 241 g/mol. The molecule has 92 valence electrons. The molecule has 2 rings (SSSR count). The van der Waals surface area contributed by atoms with Crippen LogP contribution in [0, 0.1) is 0 Å². The number of amides is 1. The summed E-state index contributed by atoms with van der Waals surface area (Å²) in [6, 6.07) is 9.51. The van der Waals surface area contributed by atoms with E-state index in [0.717, 1.165) is 11.3 Å². The summed E-state index contributed by atoms with van der Waals surface area (Å²) in [4.78, 5) is 19.8. The van der Waals surface area contributed by atoms with Crippen LogP contribution in [0.1, 0.15) is 17.7 Å². The first-order valence-electron chi connectivity index (χ1n) is 5.90. The summed E-state index contributed by atoms with van der Waals surface area (Å²) in [7, 11) is 0. The van der Waals surface area contributed by atoms with Crippen LogP contribution >= 0.6 is 0 Å². The number of aryl methyl sites for hydroxylation is 1. The molecule has 1 amide bonds. The Labute approximate surface area is 106 Å². The first-order valence-corrected chi connectivity index (χ1v) is 5.90. The minimum atomic E-state index is 0.0320. The molecule has 0 radical (unpaired) electrons. The van der Waals surface area contributed by atoms with E-state index in [-0.39, 0.29) is 5.91 Å². The lowest BCUT2D eigenvalue weighted by atomic mass is 10.2. The highest BCUT2D eigenvalue weighted by Gasteiger charge is 2.02. The van der Waals surface area contributed by atoms with Gasteiger partial charge in [-0.2, -0.15) is 0 Å². The molecule has 0 spiro atoms. The van der Waals surface area contributed by atoms with E-state index in [1.165, 1.54) is 0 Å². The molecule has 2 aromatic heterocycles. The maximum Gasteiger partial charge on any atom is 0.220 e. The van der Waals surface area contributed by atoms with Crippen LogP contribution in [0.25, 0.3) is 0 Å². The van der Waals surface area contributed by atoms with E-state index in [1.54, 1.807) is 18.6 Å². The molecule has 0 aliphatic carbocycles. The summed E-state index contributed by atoms with van der Waals surface area (Å²) in [5, 5.41) is 2.86. The molecule has 0 aliphatic rings. The molecular weight excluding hydrogens is 226 g/mol. The van der Waals surface area contributed by atoms with Crippen molar-refractivity contribution in [3.05, 3.63) is 60.2 Å². The van der Waals surface area contributed by atoms with Crippen LogP contribution in [0.3, 0.4) is 0 Å². The monoisotopic (exact) mass is 241 g/mol. The van der Waals surface area contributed by atoms with Gasteiger partial charge in [0.25, 0.3) is 0 Å². The maximum atomic E-state index is 11.6. The number of rotatable bonds is 5. The van der Waals surface area contributed by atoms with Crippen LogP contribution in [0.15, 0.2) is 48.9 Å². The minimum Gasteiger partial charge on any atom is -0.352 e. The van der Waals surface area contributed by atoms with Crippen LogP contribution < -0.4 is 5.32 Å². The topological polar surface area (TPSA) is 54.9 Å². The van der Waals surface area contributed by atoms with Crippen molar-refractivity contribution in [2.45, 2.75) is 19.4 Å². The van der Waals surface area contributed by atoms with Crippen molar-refractivity contribution < 1.29 is 4.79 Å². The molecule has 0 aliphatic heterocycles. The van der Waals surface area contributed by atoms with Gasteiger partial charge in [-0.05, 0) is 30.2 Å². The summed E-state index contributed by atoms with van der Waals surface area (Å²) >= 11 is 0. The van der Waals surface area contributed by atoms with Crippen molar-refractivity contribution >= 4 is 5.91 Å². The SMILES string of the molecule is O=C(CCc1ccccn1)NCc1cccnc1. The third-order valence-electron chi connectivity index (χ3n) is 2.55. The molecule has 4 heteroatoms. The number of aromatic nitrogens is 2. The predicted molar refractivity (Wildman–Crippen MR) is 68.6 cm³/mol. The van der Waals surface area contributed by atoms with E-state index in [4.69, 9.17) is 0 Å². The fourth-order valence-corrected chi connectivity index (χ4v) is 1.58. The normalized spacial score (nSPS) is 10.0. The number of hydrogen-bond acceptors (Lipinski definition) is 3. The van der Waals surface area contributed by atoms with Crippen LogP contribution in [-0.4, -0.2) is 15.9 Å². The van der Waals surface area contributed by atoms with Crippen molar-refractivity contribution in [2.24, 2.45) is 0 Å². The van der Waals surface area contributed by atoms with Crippen LogP contribution in [-0.2, 0) is 17.8 Å². The molecule has 2 heterocycles. The van der Waals surface area contributed by atoms with E-state index in [1.807, 2.05) is 30.3 Å². The van der Waals surface area contributed by atoms with Crippen molar-refractivity contribution in [1.29, 1.82) is 0 Å². The number of pyridine rings is 2. The Balaban J connectivity index is 1.73. The molecule has 18 heavy (non-hydrogen) atoms. The molecule has 2 aromatic rings. The smallest absolute Gasteiger partial charge is 0.220 e. The molecule has 4 nitrogen and oxygen atoms in total. The molecule has 0 fully saturated rings. The zero-order chi connectivity index (χ0) is 12.6. The van der Waals surface area contributed by atoms with Gasteiger partial charge >= 0.3 is 0 Å². The van der Waals surface area contributed by atoms with Crippen LogP contribution in [0.4, 0.5) is 0 Å². The van der Waals surface area contributed by atoms with Crippen molar-refractivity contribution in [3.8, 4) is 0 Å². The van der Waals surface area contributed by atoms with Gasteiger partial charge in [-0.25, -0.2) is 0 Å². The Morgan fingerprint density at radius 2 is 2.11 bits per heavy atom. The van der Waals surface area contributed by atoms with E-state index in [2.05, 4.69) is 15.3 Å². The van der Waals surface area contributed by atoms with Gasteiger partial charge in [-0.1, -0.05) is 12.1 Å². The Kier molecular flexibility index (Phi) is 4.41. The summed E-state index contributed by atoms with van der Waals surface area (Å²) in [6.45, 7) is 0.523. The highest BCUT2D eigenvalue weighted by atomic mass is 16.1. The molecule has 0 saturated heterocycles. The molecule has 0 unspecified atom stereocenters. The molecule has 0 bridgehead atoms. The first-order chi connectivity index (χ1) is 8.84. The lowest BCUT2D eigenvalue weighted by Crippen LogP contribution is -2.23. The zero-order valence-electron chi connectivity index (χ0n) is 10.0. The highest BCUT2D eigenvalue weighted by molar-refractivity contribution is 5.76. The quantitative estimate of drug-likeness (QED) is 0.867. The molecular formula is C14H15N3O. The third-order valence-corrected chi connectivity index (χ3v) is 2.55. The number of nitrogens with zero attached hydrogens (tertiary/aromatic N) is 2. The lowest BCUT2D eigenvalue weighted by molar-refractivity contribution is -0.121. The Morgan fingerprint density at radius 3 is 2.83 bits per heavy atom. The number of nitrogens with one attached hydrogen (secondary N) is 1.